The van der Waals surface area contributed by atoms with Crippen molar-refractivity contribution in [2.75, 3.05) is 158 Å². The second-order valence-electron chi connectivity index (χ2n) is 33.0. The molecule has 0 spiro atoms. The highest BCUT2D eigenvalue weighted by atomic mass is 32.5. The normalized spacial score (nSPS) is 29.4. The fraction of sp³-hybridized carbons (Fsp3) is 0.671. The quantitative estimate of drug-likeness (QED) is 0.0147. The molecule has 7 aromatic heterocycles. The number of anilines is 4. The molecule has 16 N–H and O–H groups in total. The van der Waals surface area contributed by atoms with Crippen LogP contribution in [0.5, 0.6) is 0 Å². The van der Waals surface area contributed by atoms with Crippen LogP contribution in [0.15, 0.2) is 77.2 Å². The lowest BCUT2D eigenvalue weighted by atomic mass is 10.1. The zero-order valence-electron chi connectivity index (χ0n) is 78.5. The lowest BCUT2D eigenvalue weighted by Crippen LogP contribution is -2.42. The van der Waals surface area contributed by atoms with Crippen molar-refractivity contribution >= 4 is 106 Å². The van der Waals surface area contributed by atoms with Gasteiger partial charge in [0.25, 0.3) is 11.1 Å². The summed E-state index contributed by atoms with van der Waals surface area (Å²) >= 11 is 17.1. The number of hydrogen-bond donors (Lipinski definition) is 12. The third kappa shape index (κ3) is 27.6. The Morgan fingerprint density at radius 1 is 0.392 bits per heavy atom. The number of nitrogens with zero attached hydrogens (tertiary/aromatic N) is 12. The molecule has 67 heteroatoms. The zero-order chi connectivity index (χ0) is 104. The van der Waals surface area contributed by atoms with Crippen LogP contribution in [0.25, 0.3) is 11.2 Å². The number of aryl methyl sites for hydroxylation is 5. The van der Waals surface area contributed by atoms with Gasteiger partial charge in [0.1, 0.15) is 127 Å². The van der Waals surface area contributed by atoms with Gasteiger partial charge in [0.2, 0.25) is 0 Å². The van der Waals surface area contributed by atoms with Crippen LogP contribution in [-0.4, -0.2) is 335 Å². The van der Waals surface area contributed by atoms with E-state index >= 15 is 9.13 Å². The van der Waals surface area contributed by atoms with Gasteiger partial charge in [-0.25, -0.2) is 48.1 Å². The van der Waals surface area contributed by atoms with Crippen LogP contribution in [0.2, 0.25) is 0 Å². The van der Waals surface area contributed by atoms with Crippen molar-refractivity contribution in [2.45, 2.75) is 196 Å². The van der Waals surface area contributed by atoms with Gasteiger partial charge in [0, 0.05) is 101 Å². The fourth-order valence-electron chi connectivity index (χ4n) is 16.1. The highest BCUT2D eigenvalue weighted by Crippen LogP contribution is 2.58. The Kier molecular flexibility index (Phi) is 38.8. The Hall–Kier alpha value is -7.12. The van der Waals surface area contributed by atoms with Gasteiger partial charge in [-0.1, -0.05) is 6.92 Å². The third-order valence-electron chi connectivity index (χ3n) is 23.2. The van der Waals surface area contributed by atoms with E-state index in [-0.39, 0.29) is 117 Å². The number of nitrogens with two attached hydrogens (primary N) is 4. The predicted octanol–water partition coefficient (Wildman–Crippen LogP) is -1.87. The lowest BCUT2D eigenvalue weighted by molar-refractivity contribution is -0.0853. The van der Waals surface area contributed by atoms with Crippen molar-refractivity contribution in [3.05, 3.63) is 145 Å². The summed E-state index contributed by atoms with van der Waals surface area (Å²) in [6.45, 7) is -12.6. The van der Waals surface area contributed by atoms with Crippen LogP contribution in [0.3, 0.4) is 0 Å². The van der Waals surface area contributed by atoms with Crippen molar-refractivity contribution in [1.29, 1.82) is 0 Å². The van der Waals surface area contributed by atoms with E-state index in [4.69, 9.17) is 179 Å². The molecule has 59 nitrogen and oxygen atoms in total. The monoisotopic (exact) mass is 2180 g/mol. The minimum atomic E-state index is -5.96. The molecule has 13 rings (SSSR count). The first kappa shape index (κ1) is 113. The first-order valence-electron chi connectivity index (χ1n) is 43.9. The Bertz CT molecular complexity index is 6290. The van der Waals surface area contributed by atoms with E-state index in [1.165, 1.54) is 90.4 Å². The number of aromatic nitrogens is 14. The number of phosphoric acid groups is 2. The molecule has 6 aliphatic heterocycles. The maximum Gasteiger partial charge on any atom is 0.472 e. The standard InChI is InChI=1S/C76H113N18O41P5S3/c1-12-41-42(23-48(125-41)89-24-36(2)60(77)84-72(89)98)131-138(107,141)123-32-46-52(57(117-20-15-112-9)69(129-46)92-27-39(5)65(96)87-75(92)101)133-136(103,104)120-30-44-51(56(116-19-14-111-8)68(127-44)91-26-38(4)62(79)86-74(91)100)132-137(105,106)121-31-45-53(58(118-21-16-113-10)70(128-45)93-28-40(6)66(97)88-76(93)102)134-140(109,143)124-33-47-54(59(119-22-17-114-11)71(130-47)94-35-83-49-63(80)81-34-82-64(49)94)135-139(108,142)122-29-43-50(95)55(115-18-13-110-7)67(126-43)90-25-37(3)61(78)85-73(90)99/h24-28,34-35,41-48,50-59,67-71,95H,12-23,29-33H2,1-11H3,(H,103,104)(H,105,106)(H,107,141)(H,108,142)(H,109,143)(H2,77,84,98)(H2,78,85,99)(H2,79,86,100)(H2,80,81,82)(H,87,96,101)(H,88,97,102)/t41-,42-,43-,44-,45-,46-,47-,48-,50+,51+,52+,53+,54+,55?,56?,57?,58?,59?,67-,68-,69-,70-,71-,138?,139?,140?/m1/s1. The van der Waals surface area contributed by atoms with Crippen molar-refractivity contribution in [3.8, 4) is 0 Å². The van der Waals surface area contributed by atoms with E-state index in [0.29, 0.717) is 11.1 Å². The van der Waals surface area contributed by atoms with Gasteiger partial charge in [-0.3, -0.25) is 74.1 Å². The van der Waals surface area contributed by atoms with Crippen molar-refractivity contribution < 1.29 is 160 Å². The molecule has 0 saturated carbocycles. The van der Waals surface area contributed by atoms with Gasteiger partial charge in [0.05, 0.1) is 118 Å². The molecule has 28 atom stereocenters. The number of imidazole rings is 1. The summed E-state index contributed by atoms with van der Waals surface area (Å²) in [7, 11) is -5.13. The maximum absolute atomic E-state index is 15.4. The van der Waals surface area contributed by atoms with Crippen LogP contribution < -0.4 is 62.5 Å². The molecule has 143 heavy (non-hydrogen) atoms. The summed E-state index contributed by atoms with van der Waals surface area (Å²) in [4.78, 5) is 185. The molecular weight excluding hydrogens is 2070 g/mol. The average molecular weight is 2190 g/mol. The van der Waals surface area contributed by atoms with Crippen molar-refractivity contribution in [2.24, 2.45) is 0 Å². The summed E-state index contributed by atoms with van der Waals surface area (Å²) in [5, 5.41) is 11.8. The molecule has 796 valence electrons. The minimum Gasteiger partial charge on any atom is -0.387 e. The predicted molar refractivity (Wildman–Crippen MR) is 501 cm³/mol. The van der Waals surface area contributed by atoms with E-state index in [2.05, 4.69) is 39.9 Å². The number of aliphatic hydroxyl groups is 1. The summed E-state index contributed by atoms with van der Waals surface area (Å²) in [5.41, 5.74) is 18.6. The Morgan fingerprint density at radius 3 is 1.12 bits per heavy atom. The SMILES string of the molecule is CC[C@H]1O[C@@H](n2cc(C)c(N)nc2=O)C[C@H]1OP(O)(=S)OC[C@H]1O[C@@H](n2cc(C)c(=O)[nH]c2=O)C(OCCOC)[C@H]1OP(=O)(O)OC[C@H]1O[C@@H](n2cc(C)c(N)nc2=O)C(OCCOC)[C@H]1OP(=O)(O)OC[C@H]1O[C@@H](n2cc(C)c(=O)[nH]c2=O)C(OCCOC)[C@H]1OP(O)(=S)OC[C@H]1O[C@@H](n2cnc3c(N)ncnc32)C(OCCOC)[C@H]1OP(O)(=S)OC[C@H]1O[C@@H](n2cc(C)c(N)nc2=O)C(OCCOC)[C@H]1O. The van der Waals surface area contributed by atoms with Crippen LogP contribution >= 0.6 is 35.8 Å². The van der Waals surface area contributed by atoms with Crippen molar-refractivity contribution in [1.82, 2.24) is 67.3 Å². The summed E-state index contributed by atoms with van der Waals surface area (Å²) in [6.07, 6.45) is -28.7. The number of ether oxygens (including phenoxy) is 16. The smallest absolute Gasteiger partial charge is 0.387 e. The number of fused-ring (bicyclic) bond motifs is 1. The molecule has 10 unspecified atom stereocenters. The second-order valence-corrected chi connectivity index (χ2v) is 44.2. The topological polar surface area (TPSA) is 758 Å². The molecule has 0 aliphatic carbocycles. The number of aromatic amines is 2. The molecule has 6 aliphatic rings. The molecule has 6 saturated heterocycles. The number of nitrogens with one attached hydrogen (secondary N) is 2. The van der Waals surface area contributed by atoms with Crippen LogP contribution in [0.1, 0.15) is 85.0 Å². The summed E-state index contributed by atoms with van der Waals surface area (Å²) < 4.78 is 193. The van der Waals surface area contributed by atoms with E-state index in [1.807, 2.05) is 0 Å². The van der Waals surface area contributed by atoms with E-state index in [9.17, 15) is 63.1 Å². The Morgan fingerprint density at radius 2 is 0.720 bits per heavy atom. The zero-order valence-corrected chi connectivity index (χ0v) is 85.4. The fourth-order valence-corrected chi connectivity index (χ4v) is 22.4. The molecule has 7 aromatic rings. The average Bonchev–Trinajstić information content (AvgIpc) is 1.62. The van der Waals surface area contributed by atoms with Gasteiger partial charge in [-0.05, 0) is 76.5 Å². The molecule has 0 bridgehead atoms. The molecule has 6 fully saturated rings. The number of nitrogen functional groups attached to an aromatic ring is 4. The second kappa shape index (κ2) is 49.1. The lowest BCUT2D eigenvalue weighted by Gasteiger charge is -2.30. The largest absolute Gasteiger partial charge is 0.472 e. The van der Waals surface area contributed by atoms with Gasteiger partial charge in [0.15, 0.2) is 42.6 Å². The van der Waals surface area contributed by atoms with E-state index in [0.717, 1.165) is 37.0 Å². The number of hydrogen-bond acceptors (Lipinski definition) is 49. The number of aliphatic hydroxyl groups excluding tert-OH is 1. The number of H-pyrrole nitrogens is 2. The molecular formula is C76H113N18O41P5S3. The first-order valence-corrected chi connectivity index (χ1v) is 54.6. The third-order valence-corrected chi connectivity index (χ3v) is 29.9. The number of methoxy groups -OCH3 is 5. The van der Waals surface area contributed by atoms with Crippen LogP contribution in [0, 0.1) is 34.6 Å². The molecule has 13 heterocycles. The minimum absolute atomic E-state index is 0.0169. The molecule has 0 aromatic carbocycles. The van der Waals surface area contributed by atoms with E-state index in [1.54, 1.807) is 20.8 Å². The Labute approximate surface area is 826 Å². The Balaban J connectivity index is 0.797. The van der Waals surface area contributed by atoms with Gasteiger partial charge in [-0.15, -0.1) is 0 Å². The number of rotatable bonds is 52. The van der Waals surface area contributed by atoms with Gasteiger partial charge in [-0.2, -0.15) is 15.0 Å². The summed E-state index contributed by atoms with van der Waals surface area (Å²) in [5.74, 6) is -0.416. The molecule has 0 amide bonds. The number of phosphoric ester groups is 2. The first-order chi connectivity index (χ1) is 67.8. The van der Waals surface area contributed by atoms with Crippen LogP contribution in [0.4, 0.5) is 23.3 Å². The van der Waals surface area contributed by atoms with Crippen molar-refractivity contribution in [3.63, 3.8) is 0 Å². The van der Waals surface area contributed by atoms with Gasteiger partial charge < -0.3 is 146 Å². The maximum atomic E-state index is 15.4. The highest BCUT2D eigenvalue weighted by Gasteiger charge is 2.59. The highest BCUT2D eigenvalue weighted by molar-refractivity contribution is 8.07. The van der Waals surface area contributed by atoms with Crippen LogP contribution in [-0.2, 0) is 166 Å². The molecule has 0 radical (unpaired) electrons. The summed E-state index contributed by atoms with van der Waals surface area (Å²) in [6, 6.07) is 0. The van der Waals surface area contributed by atoms with E-state index < -0.39 is 263 Å². The van der Waals surface area contributed by atoms with Gasteiger partial charge >= 0.3 is 64.2 Å².